The highest BCUT2D eigenvalue weighted by atomic mass is 35.5. The molecule has 1 N–H and O–H groups in total. The quantitative estimate of drug-likeness (QED) is 0.382. The fourth-order valence-electron chi connectivity index (χ4n) is 3.30. The molecule has 0 aliphatic heterocycles. The summed E-state index contributed by atoms with van der Waals surface area (Å²) in [6.07, 6.45) is 1.34. The van der Waals surface area contributed by atoms with Crippen LogP contribution in [0.4, 0.5) is 0 Å². The average molecular weight is 512 g/mol. The van der Waals surface area contributed by atoms with Crippen LogP contribution in [0.15, 0.2) is 42.5 Å². The van der Waals surface area contributed by atoms with Crippen LogP contribution in [0.25, 0.3) is 0 Å². The number of thioether (sulfide) groups is 1. The molecule has 0 spiro atoms. The molecular weight excluding hydrogens is 479 g/mol. The molecule has 0 heterocycles. The monoisotopic (exact) mass is 510 g/mol. The number of amides is 2. The predicted molar refractivity (Wildman–Crippen MR) is 138 cm³/mol. The first-order chi connectivity index (χ1) is 15.8. The molecule has 33 heavy (non-hydrogen) atoms. The van der Waals surface area contributed by atoms with Gasteiger partial charge in [0.2, 0.25) is 11.8 Å². The number of ether oxygens (including phenoxy) is 1. The van der Waals surface area contributed by atoms with Gasteiger partial charge in [0.05, 0.1) is 12.9 Å². The van der Waals surface area contributed by atoms with Crippen LogP contribution in [0.1, 0.15) is 44.7 Å². The van der Waals surface area contributed by atoms with Crippen molar-refractivity contribution in [2.45, 2.75) is 58.0 Å². The van der Waals surface area contributed by atoms with Crippen molar-refractivity contribution < 1.29 is 14.3 Å². The van der Waals surface area contributed by atoms with Crippen LogP contribution in [0, 0.1) is 0 Å². The summed E-state index contributed by atoms with van der Waals surface area (Å²) in [5.74, 6) is 1.29. The van der Waals surface area contributed by atoms with Crippen molar-refractivity contribution in [1.82, 2.24) is 10.2 Å². The van der Waals surface area contributed by atoms with Crippen LogP contribution in [-0.4, -0.2) is 41.7 Å². The van der Waals surface area contributed by atoms with E-state index in [-0.39, 0.29) is 23.6 Å². The van der Waals surface area contributed by atoms with Gasteiger partial charge in [-0.15, -0.1) is 11.8 Å². The summed E-state index contributed by atoms with van der Waals surface area (Å²) in [7, 11) is 1.61. The largest absolute Gasteiger partial charge is 0.497 e. The molecule has 0 aliphatic rings. The van der Waals surface area contributed by atoms with Crippen molar-refractivity contribution in [2.24, 2.45) is 0 Å². The minimum Gasteiger partial charge on any atom is -0.497 e. The highest BCUT2D eigenvalue weighted by Crippen LogP contribution is 2.25. The summed E-state index contributed by atoms with van der Waals surface area (Å²) in [4.78, 5) is 28.0. The van der Waals surface area contributed by atoms with Crippen LogP contribution in [0.3, 0.4) is 0 Å². The van der Waals surface area contributed by atoms with Crippen LogP contribution in [0.5, 0.6) is 5.75 Å². The molecule has 180 valence electrons. The Bertz CT molecular complexity index is 942. The van der Waals surface area contributed by atoms with Crippen molar-refractivity contribution >= 4 is 46.8 Å². The highest BCUT2D eigenvalue weighted by molar-refractivity contribution is 7.99. The van der Waals surface area contributed by atoms with Gasteiger partial charge < -0.3 is 15.0 Å². The van der Waals surface area contributed by atoms with E-state index in [1.165, 1.54) is 11.8 Å². The van der Waals surface area contributed by atoms with Crippen LogP contribution >= 0.6 is 35.0 Å². The molecule has 2 aromatic carbocycles. The molecule has 2 unspecified atom stereocenters. The summed E-state index contributed by atoms with van der Waals surface area (Å²) in [6, 6.07) is 12.4. The van der Waals surface area contributed by atoms with E-state index in [0.717, 1.165) is 17.5 Å². The van der Waals surface area contributed by atoms with E-state index in [2.05, 4.69) is 5.32 Å². The molecule has 2 amide bonds. The molecule has 2 rings (SSSR count). The Labute approximate surface area is 211 Å². The first kappa shape index (κ1) is 27.4. The molecular formula is C25H32Cl2N2O3S. The predicted octanol–water partition coefficient (Wildman–Crippen LogP) is 5.96. The normalized spacial score (nSPS) is 12.7. The van der Waals surface area contributed by atoms with Crippen molar-refractivity contribution in [3.8, 4) is 5.75 Å². The Morgan fingerprint density at radius 2 is 1.88 bits per heavy atom. The lowest BCUT2D eigenvalue weighted by molar-refractivity contribution is -0.139. The van der Waals surface area contributed by atoms with Gasteiger partial charge >= 0.3 is 0 Å². The Balaban J connectivity index is 2.18. The number of methoxy groups -OCH3 is 1. The SMILES string of the molecule is CCC(C)NC(=O)C(CC)N(Cc1cccc(OC)c1)C(=O)CSCc1ccc(Cl)cc1Cl. The number of halogens is 2. The van der Waals surface area contributed by atoms with Gasteiger partial charge in [-0.2, -0.15) is 0 Å². The van der Waals surface area contributed by atoms with Gasteiger partial charge in [0, 0.05) is 28.4 Å². The Hall–Kier alpha value is -1.89. The maximum absolute atomic E-state index is 13.3. The second-order valence-electron chi connectivity index (χ2n) is 7.84. The Kier molecular flexibility index (Phi) is 11.4. The summed E-state index contributed by atoms with van der Waals surface area (Å²) in [5, 5.41) is 4.18. The van der Waals surface area contributed by atoms with Crippen LogP contribution < -0.4 is 10.1 Å². The van der Waals surface area contributed by atoms with Gasteiger partial charge in [-0.25, -0.2) is 0 Å². The minimum absolute atomic E-state index is 0.0433. The number of benzene rings is 2. The number of carbonyl (C=O) groups is 2. The molecule has 0 bridgehead atoms. The van der Waals surface area contributed by atoms with Crippen molar-refractivity contribution in [3.05, 3.63) is 63.6 Å². The maximum atomic E-state index is 13.3. The first-order valence-corrected chi connectivity index (χ1v) is 12.9. The topological polar surface area (TPSA) is 58.6 Å². The lowest BCUT2D eigenvalue weighted by atomic mass is 10.1. The first-order valence-electron chi connectivity index (χ1n) is 11.0. The molecule has 2 aromatic rings. The van der Waals surface area contributed by atoms with E-state index < -0.39 is 6.04 Å². The maximum Gasteiger partial charge on any atom is 0.243 e. The summed E-state index contributed by atoms with van der Waals surface area (Å²) in [6.45, 7) is 6.23. The molecule has 0 aliphatic carbocycles. The fourth-order valence-corrected chi connectivity index (χ4v) is 4.77. The second kappa shape index (κ2) is 13.7. The second-order valence-corrected chi connectivity index (χ2v) is 9.67. The zero-order valence-corrected chi connectivity index (χ0v) is 21.9. The Morgan fingerprint density at radius 1 is 1.12 bits per heavy atom. The van der Waals surface area contributed by atoms with Crippen molar-refractivity contribution in [1.29, 1.82) is 0 Å². The number of carbonyl (C=O) groups excluding carboxylic acids is 2. The zero-order valence-electron chi connectivity index (χ0n) is 19.6. The van der Waals surface area contributed by atoms with E-state index in [9.17, 15) is 9.59 Å². The van der Waals surface area contributed by atoms with E-state index in [0.29, 0.717) is 34.5 Å². The number of nitrogens with zero attached hydrogens (tertiary/aromatic N) is 1. The molecule has 0 saturated carbocycles. The smallest absolute Gasteiger partial charge is 0.243 e. The summed E-state index contributed by atoms with van der Waals surface area (Å²) < 4.78 is 5.32. The molecule has 8 heteroatoms. The summed E-state index contributed by atoms with van der Waals surface area (Å²) >= 11 is 13.7. The van der Waals surface area contributed by atoms with Gasteiger partial charge in [-0.3, -0.25) is 9.59 Å². The van der Waals surface area contributed by atoms with E-state index in [1.54, 1.807) is 24.1 Å². The molecule has 0 saturated heterocycles. The van der Waals surface area contributed by atoms with Gasteiger partial charge in [0.15, 0.2) is 0 Å². The fraction of sp³-hybridized carbons (Fsp3) is 0.440. The van der Waals surface area contributed by atoms with Gasteiger partial charge in [-0.05, 0) is 55.2 Å². The minimum atomic E-state index is -0.558. The number of hydrogen-bond donors (Lipinski definition) is 1. The third-order valence-corrected chi connectivity index (χ3v) is 6.93. The Morgan fingerprint density at radius 3 is 2.52 bits per heavy atom. The average Bonchev–Trinajstić information content (AvgIpc) is 2.80. The number of nitrogens with one attached hydrogen (secondary N) is 1. The lowest BCUT2D eigenvalue weighted by Crippen LogP contribution is -2.51. The third kappa shape index (κ3) is 8.43. The van der Waals surface area contributed by atoms with E-state index in [4.69, 9.17) is 27.9 Å². The number of rotatable bonds is 12. The van der Waals surface area contributed by atoms with Crippen molar-refractivity contribution in [2.75, 3.05) is 12.9 Å². The van der Waals surface area contributed by atoms with Crippen LogP contribution in [-0.2, 0) is 21.9 Å². The van der Waals surface area contributed by atoms with Gasteiger partial charge in [0.25, 0.3) is 0 Å². The standard InChI is InChI=1S/C25H32Cl2N2O3S/c1-5-17(3)28-25(31)23(6-2)29(14-18-8-7-9-21(12-18)32-4)24(30)16-33-15-19-10-11-20(26)13-22(19)27/h7-13,17,23H,5-6,14-16H2,1-4H3,(H,28,31). The highest BCUT2D eigenvalue weighted by Gasteiger charge is 2.29. The number of hydrogen-bond acceptors (Lipinski definition) is 4. The third-order valence-electron chi connectivity index (χ3n) is 5.37. The summed E-state index contributed by atoms with van der Waals surface area (Å²) in [5.41, 5.74) is 1.82. The van der Waals surface area contributed by atoms with E-state index in [1.807, 2.05) is 51.1 Å². The molecule has 0 aromatic heterocycles. The zero-order chi connectivity index (χ0) is 24.4. The van der Waals surface area contributed by atoms with Crippen molar-refractivity contribution in [3.63, 3.8) is 0 Å². The molecule has 5 nitrogen and oxygen atoms in total. The van der Waals surface area contributed by atoms with E-state index >= 15 is 0 Å². The van der Waals surface area contributed by atoms with Gasteiger partial charge in [-0.1, -0.05) is 55.2 Å². The van der Waals surface area contributed by atoms with Crippen LogP contribution in [0.2, 0.25) is 10.0 Å². The lowest BCUT2D eigenvalue weighted by Gasteiger charge is -2.31. The molecule has 0 radical (unpaired) electrons. The molecule has 0 fully saturated rings. The van der Waals surface area contributed by atoms with Gasteiger partial charge in [0.1, 0.15) is 11.8 Å². The molecule has 2 atom stereocenters.